The normalized spacial score (nSPS) is 22.8. The van der Waals surface area contributed by atoms with Crippen LogP contribution in [0, 0.1) is 17.6 Å². The van der Waals surface area contributed by atoms with E-state index in [0.717, 1.165) is 46.5 Å². The van der Waals surface area contributed by atoms with Gasteiger partial charge in [-0.25, -0.2) is 18.6 Å². The van der Waals surface area contributed by atoms with Gasteiger partial charge in [-0.1, -0.05) is 31.2 Å². The molecule has 4 nitrogen and oxygen atoms in total. The second kappa shape index (κ2) is 9.46. The number of halogens is 2. The quantitative estimate of drug-likeness (QED) is 0.432. The summed E-state index contributed by atoms with van der Waals surface area (Å²) in [5.41, 5.74) is 5.74. The molecular formula is C28H26F2N2O2S. The highest BCUT2D eigenvalue weighted by Crippen LogP contribution is 2.52. The highest BCUT2D eigenvalue weighted by atomic mass is 32.2. The van der Waals surface area contributed by atoms with Crippen molar-refractivity contribution in [3.8, 4) is 0 Å². The van der Waals surface area contributed by atoms with Gasteiger partial charge in [0.25, 0.3) is 0 Å². The molecule has 7 heteroatoms. The predicted molar refractivity (Wildman–Crippen MR) is 135 cm³/mol. The van der Waals surface area contributed by atoms with Crippen molar-refractivity contribution < 1.29 is 18.3 Å². The second-order valence-corrected chi connectivity index (χ2v) is 10.0. The average Bonchev–Trinajstić information content (AvgIpc) is 3.16. The fourth-order valence-electron chi connectivity index (χ4n) is 4.98. The molecule has 35 heavy (non-hydrogen) atoms. The Kier molecular flexibility index (Phi) is 6.36. The molecule has 5 rings (SSSR count). The zero-order valence-electron chi connectivity index (χ0n) is 19.8. The molecule has 0 spiro atoms. The molecule has 0 bridgehead atoms. The van der Waals surface area contributed by atoms with Gasteiger partial charge in [0.2, 0.25) is 0 Å². The molecule has 1 aliphatic carbocycles. The van der Waals surface area contributed by atoms with Gasteiger partial charge in [0.1, 0.15) is 16.5 Å². The van der Waals surface area contributed by atoms with Gasteiger partial charge in [0, 0.05) is 5.70 Å². The number of hydrogen-bond acceptors (Lipinski definition) is 5. The van der Waals surface area contributed by atoms with Gasteiger partial charge in [-0.3, -0.25) is 0 Å². The number of esters is 1. The van der Waals surface area contributed by atoms with Gasteiger partial charge >= 0.3 is 5.97 Å². The van der Waals surface area contributed by atoms with E-state index < -0.39 is 0 Å². The van der Waals surface area contributed by atoms with Crippen molar-refractivity contribution in [2.75, 3.05) is 6.61 Å². The highest BCUT2D eigenvalue weighted by molar-refractivity contribution is 8.18. The van der Waals surface area contributed by atoms with E-state index in [2.05, 4.69) is 17.9 Å². The molecule has 2 aromatic rings. The third kappa shape index (κ3) is 4.45. The molecule has 0 saturated carbocycles. The van der Waals surface area contributed by atoms with Crippen LogP contribution in [-0.4, -0.2) is 22.6 Å². The third-order valence-electron chi connectivity index (χ3n) is 6.49. The van der Waals surface area contributed by atoms with Crippen LogP contribution in [0.2, 0.25) is 0 Å². The smallest absolute Gasteiger partial charge is 0.346 e. The number of carbonyl (C=O) groups is 1. The first-order valence-electron chi connectivity index (χ1n) is 11.7. The maximum atomic E-state index is 13.8. The number of rotatable bonds is 4. The van der Waals surface area contributed by atoms with E-state index >= 15 is 0 Å². The minimum Gasteiger partial charge on any atom is -0.462 e. The van der Waals surface area contributed by atoms with Crippen molar-refractivity contribution in [2.45, 2.75) is 39.7 Å². The van der Waals surface area contributed by atoms with Crippen molar-refractivity contribution >= 4 is 29.0 Å². The van der Waals surface area contributed by atoms with Crippen LogP contribution in [-0.2, 0) is 9.53 Å². The summed E-state index contributed by atoms with van der Waals surface area (Å²) in [6.45, 7) is 6.19. The lowest BCUT2D eigenvalue weighted by Gasteiger charge is -2.40. The number of nitrogens with zero attached hydrogens (tertiary/aromatic N) is 2. The Morgan fingerprint density at radius 2 is 1.77 bits per heavy atom. The molecule has 180 valence electrons. The summed E-state index contributed by atoms with van der Waals surface area (Å²) in [4.78, 5) is 20.4. The number of amidine groups is 1. The number of allylic oxidation sites excluding steroid dienone is 2. The Balaban J connectivity index is 1.66. The molecule has 0 fully saturated rings. The second-order valence-electron chi connectivity index (χ2n) is 9.06. The zero-order chi connectivity index (χ0) is 24.7. The topological polar surface area (TPSA) is 41.9 Å². The lowest BCUT2D eigenvalue weighted by atomic mass is 9.78. The van der Waals surface area contributed by atoms with Crippen LogP contribution in [0.1, 0.15) is 50.8 Å². The largest absolute Gasteiger partial charge is 0.462 e. The number of fused-ring (bicyclic) bond motifs is 1. The molecule has 0 aromatic heterocycles. The van der Waals surface area contributed by atoms with Crippen molar-refractivity contribution in [3.05, 3.63) is 98.7 Å². The van der Waals surface area contributed by atoms with Gasteiger partial charge in [-0.2, -0.15) is 0 Å². The lowest BCUT2D eigenvalue weighted by Crippen LogP contribution is -2.35. The fraction of sp³-hybridized carbons (Fsp3) is 0.286. The van der Waals surface area contributed by atoms with E-state index in [9.17, 15) is 13.6 Å². The minimum atomic E-state index is -0.363. The Bertz CT molecular complexity index is 1290. The summed E-state index contributed by atoms with van der Waals surface area (Å²) in [5, 5.41) is 0.707. The molecule has 3 aliphatic rings. The van der Waals surface area contributed by atoms with Crippen molar-refractivity contribution in [1.29, 1.82) is 0 Å². The van der Waals surface area contributed by atoms with Gasteiger partial charge in [-0.15, -0.1) is 0 Å². The molecule has 0 amide bonds. The van der Waals surface area contributed by atoms with Crippen LogP contribution in [0.4, 0.5) is 8.78 Å². The van der Waals surface area contributed by atoms with Crippen LogP contribution >= 0.6 is 11.8 Å². The Labute approximate surface area is 208 Å². The van der Waals surface area contributed by atoms with E-state index in [-0.39, 0.29) is 23.6 Å². The summed E-state index contributed by atoms with van der Waals surface area (Å²) >= 11 is 1.32. The maximum Gasteiger partial charge on any atom is 0.346 e. The monoisotopic (exact) mass is 492 g/mol. The number of hydrogen-bond donors (Lipinski definition) is 0. The fourth-order valence-corrected chi connectivity index (χ4v) is 6.02. The predicted octanol–water partition coefficient (Wildman–Crippen LogP) is 6.99. The standard InChI is InChI=1S/C28H26F2N2O2S/c1-4-34-27(33)26-17(3)32-25(19-7-11-22(30)12-8-19)23-14-16(2)13-20(24(23)31-28(32)35-26)15-18-5-9-21(29)10-6-18/h5-12,15-16,25H,4,13-14H2,1-3H3/b20-15-/t16-,25+/m0/s1. The van der Waals surface area contributed by atoms with E-state index in [1.165, 1.54) is 36.0 Å². The first kappa shape index (κ1) is 23.5. The average molecular weight is 493 g/mol. The van der Waals surface area contributed by atoms with Gasteiger partial charge in [-0.05, 0) is 97.0 Å². The number of ether oxygens (including phenoxy) is 1. The summed E-state index contributed by atoms with van der Waals surface area (Å²) in [6, 6.07) is 12.8. The van der Waals surface area contributed by atoms with Crippen LogP contribution in [0.25, 0.3) is 6.08 Å². The highest BCUT2D eigenvalue weighted by Gasteiger charge is 2.43. The van der Waals surface area contributed by atoms with Gasteiger partial charge in [0.05, 0.1) is 18.3 Å². The van der Waals surface area contributed by atoms with E-state index in [1.807, 2.05) is 6.92 Å². The van der Waals surface area contributed by atoms with Crippen molar-refractivity contribution in [3.63, 3.8) is 0 Å². The van der Waals surface area contributed by atoms with Crippen molar-refractivity contribution in [1.82, 2.24) is 4.90 Å². The molecule has 0 unspecified atom stereocenters. The van der Waals surface area contributed by atoms with Gasteiger partial charge in [0.15, 0.2) is 5.17 Å². The van der Waals surface area contributed by atoms with Gasteiger partial charge < -0.3 is 9.64 Å². The molecule has 2 heterocycles. The van der Waals surface area contributed by atoms with E-state index in [4.69, 9.17) is 9.73 Å². The van der Waals surface area contributed by atoms with Crippen LogP contribution < -0.4 is 0 Å². The number of thioether (sulfide) groups is 1. The molecule has 0 saturated heterocycles. The first-order chi connectivity index (χ1) is 16.9. The molecule has 2 aliphatic heterocycles. The SMILES string of the molecule is CCOC(=O)C1=C(C)N2C(=NC3=C(C[C@@H](C)C/C3=C/c3ccc(F)cc3)[C@H]2c2ccc(F)cc2)S1. The molecular weight excluding hydrogens is 466 g/mol. The Morgan fingerprint density at radius 1 is 1.11 bits per heavy atom. The Hall–Kier alpha value is -3.19. The summed E-state index contributed by atoms with van der Waals surface area (Å²) < 4.78 is 32.6. The first-order valence-corrected chi connectivity index (χ1v) is 12.6. The van der Waals surface area contributed by atoms with E-state index in [0.29, 0.717) is 22.6 Å². The minimum absolute atomic E-state index is 0.211. The molecule has 0 radical (unpaired) electrons. The lowest BCUT2D eigenvalue weighted by molar-refractivity contribution is -0.137. The third-order valence-corrected chi connectivity index (χ3v) is 7.62. The zero-order valence-corrected chi connectivity index (χ0v) is 20.7. The number of aliphatic imine (C=N–C) groups is 1. The summed E-state index contributed by atoms with van der Waals surface area (Å²) in [5.74, 6) is -0.566. The Morgan fingerprint density at radius 3 is 2.43 bits per heavy atom. The summed E-state index contributed by atoms with van der Waals surface area (Å²) in [7, 11) is 0. The van der Waals surface area contributed by atoms with Crippen LogP contribution in [0.15, 0.2) is 81.0 Å². The summed E-state index contributed by atoms with van der Waals surface area (Å²) in [6.07, 6.45) is 3.74. The van der Waals surface area contributed by atoms with E-state index in [1.54, 1.807) is 31.2 Å². The van der Waals surface area contributed by atoms with Crippen molar-refractivity contribution in [2.24, 2.45) is 10.9 Å². The maximum absolute atomic E-state index is 13.8. The number of carbonyl (C=O) groups excluding carboxylic acids is 1. The van der Waals surface area contributed by atoms with Crippen LogP contribution in [0.5, 0.6) is 0 Å². The number of benzene rings is 2. The molecule has 2 atom stereocenters. The van der Waals surface area contributed by atoms with Crippen LogP contribution in [0.3, 0.4) is 0 Å². The molecule has 2 aromatic carbocycles. The molecule has 0 N–H and O–H groups in total.